The Morgan fingerprint density at radius 3 is 2.19 bits per heavy atom. The van der Waals surface area contributed by atoms with E-state index in [1.54, 1.807) is 0 Å². The second-order valence-corrected chi connectivity index (χ2v) is 6.85. The van der Waals surface area contributed by atoms with Crippen molar-refractivity contribution in [1.29, 1.82) is 0 Å². The molecule has 1 N–H and O–H groups in total. The van der Waals surface area contributed by atoms with Gasteiger partial charge in [-0.15, -0.1) is 0 Å². The number of likely N-dealkylation sites (tertiary alicyclic amines) is 1. The minimum Gasteiger partial charge on any atom is -0.481 e. The summed E-state index contributed by atoms with van der Waals surface area (Å²) in [6.07, 6.45) is 7.05. The van der Waals surface area contributed by atoms with Crippen molar-refractivity contribution in [2.75, 3.05) is 13.1 Å². The van der Waals surface area contributed by atoms with Crippen molar-refractivity contribution >= 4 is 11.9 Å². The zero-order valence-corrected chi connectivity index (χ0v) is 13.4. The van der Waals surface area contributed by atoms with E-state index in [-0.39, 0.29) is 11.8 Å². The average Bonchev–Trinajstić information content (AvgIpc) is 2.92. The molecule has 0 bridgehead atoms. The number of rotatable bonds is 5. The molecule has 1 saturated heterocycles. The molecule has 4 nitrogen and oxygen atoms in total. The third-order valence-electron chi connectivity index (χ3n) is 5.50. The first-order valence-electron chi connectivity index (χ1n) is 8.58. The maximum atomic E-state index is 12.7. The first-order valence-corrected chi connectivity index (χ1v) is 8.58. The lowest BCUT2D eigenvalue weighted by Gasteiger charge is -2.34. The Kier molecular flexibility index (Phi) is 5.65. The number of carbonyl (C=O) groups excluding carboxylic acids is 1. The summed E-state index contributed by atoms with van der Waals surface area (Å²) in [6.45, 7) is 5.94. The predicted molar refractivity (Wildman–Crippen MR) is 81.8 cm³/mol. The summed E-state index contributed by atoms with van der Waals surface area (Å²) in [5.74, 6) is -0.275. The van der Waals surface area contributed by atoms with Gasteiger partial charge in [-0.2, -0.15) is 0 Å². The van der Waals surface area contributed by atoms with Crippen molar-refractivity contribution in [3.8, 4) is 0 Å². The molecule has 1 amide bonds. The monoisotopic (exact) mass is 295 g/mol. The average molecular weight is 295 g/mol. The van der Waals surface area contributed by atoms with Gasteiger partial charge >= 0.3 is 5.97 Å². The van der Waals surface area contributed by atoms with E-state index in [2.05, 4.69) is 13.8 Å². The van der Waals surface area contributed by atoms with Gasteiger partial charge in [0.15, 0.2) is 0 Å². The van der Waals surface area contributed by atoms with E-state index in [1.165, 1.54) is 12.8 Å². The van der Waals surface area contributed by atoms with Crippen molar-refractivity contribution in [1.82, 2.24) is 4.90 Å². The van der Waals surface area contributed by atoms with Gasteiger partial charge in [0.25, 0.3) is 0 Å². The normalized spacial score (nSPS) is 30.6. The van der Waals surface area contributed by atoms with Crippen LogP contribution >= 0.6 is 0 Å². The van der Waals surface area contributed by atoms with Gasteiger partial charge in [-0.25, -0.2) is 0 Å². The Hall–Kier alpha value is -1.06. The molecule has 1 unspecified atom stereocenters. The van der Waals surface area contributed by atoms with Crippen LogP contribution in [-0.4, -0.2) is 35.0 Å². The van der Waals surface area contributed by atoms with Crippen LogP contribution in [0.1, 0.15) is 58.8 Å². The van der Waals surface area contributed by atoms with Crippen LogP contribution in [0.25, 0.3) is 0 Å². The number of hydrogen-bond acceptors (Lipinski definition) is 2. The first kappa shape index (κ1) is 16.3. The third kappa shape index (κ3) is 3.78. The molecule has 21 heavy (non-hydrogen) atoms. The molecule has 0 aromatic rings. The summed E-state index contributed by atoms with van der Waals surface area (Å²) < 4.78 is 0. The van der Waals surface area contributed by atoms with E-state index < -0.39 is 11.9 Å². The molecule has 0 aromatic carbocycles. The summed E-state index contributed by atoms with van der Waals surface area (Å²) in [5.41, 5.74) is 0. The molecule has 2 aliphatic rings. The van der Waals surface area contributed by atoms with Gasteiger partial charge in [0.05, 0.1) is 11.8 Å². The lowest BCUT2D eigenvalue weighted by molar-refractivity contribution is -0.149. The number of nitrogens with zero attached hydrogens (tertiary/aromatic N) is 1. The minimum atomic E-state index is -0.787. The van der Waals surface area contributed by atoms with E-state index in [0.29, 0.717) is 12.3 Å². The third-order valence-corrected chi connectivity index (χ3v) is 5.50. The predicted octanol–water partition coefficient (Wildman–Crippen LogP) is 3.16. The van der Waals surface area contributed by atoms with Gasteiger partial charge in [0.2, 0.25) is 5.91 Å². The van der Waals surface area contributed by atoms with Crippen LogP contribution in [0.5, 0.6) is 0 Å². The smallest absolute Gasteiger partial charge is 0.307 e. The fourth-order valence-corrected chi connectivity index (χ4v) is 4.11. The SMILES string of the molecule is CCCC1CCN(C(=O)[C@H]2CC(CC)C[C@H]2C(=O)O)CC1. The molecule has 2 fully saturated rings. The largest absolute Gasteiger partial charge is 0.481 e. The number of carboxylic acids is 1. The molecule has 1 saturated carbocycles. The molecule has 4 heteroatoms. The van der Waals surface area contributed by atoms with Crippen LogP contribution in [0.4, 0.5) is 0 Å². The molecule has 1 aliphatic heterocycles. The van der Waals surface area contributed by atoms with E-state index >= 15 is 0 Å². The lowest BCUT2D eigenvalue weighted by atomic mass is 9.90. The Morgan fingerprint density at radius 1 is 1.05 bits per heavy atom. The zero-order valence-electron chi connectivity index (χ0n) is 13.4. The molecular formula is C17H29NO3. The Balaban J connectivity index is 1.94. The van der Waals surface area contributed by atoms with E-state index in [4.69, 9.17) is 0 Å². The van der Waals surface area contributed by atoms with Crippen molar-refractivity contribution in [2.45, 2.75) is 58.8 Å². The van der Waals surface area contributed by atoms with Gasteiger partial charge < -0.3 is 10.0 Å². The highest BCUT2D eigenvalue weighted by Gasteiger charge is 2.43. The molecule has 1 aliphatic carbocycles. The highest BCUT2D eigenvalue weighted by Crippen LogP contribution is 2.40. The highest BCUT2D eigenvalue weighted by molar-refractivity contribution is 5.85. The molecule has 0 spiro atoms. The molecule has 0 aromatic heterocycles. The van der Waals surface area contributed by atoms with Crippen LogP contribution in [0.3, 0.4) is 0 Å². The second kappa shape index (κ2) is 7.28. The Labute approximate surface area is 127 Å². The molecule has 0 radical (unpaired) electrons. The van der Waals surface area contributed by atoms with Crippen LogP contribution in [0.2, 0.25) is 0 Å². The standard InChI is InChI=1S/C17H29NO3/c1-3-5-13-6-8-18(9-7-13)16(19)14-10-12(4-2)11-15(14)17(20)21/h12-15H,3-11H2,1-2H3,(H,20,21)/t12?,14-,15+/m0/s1. The van der Waals surface area contributed by atoms with Gasteiger partial charge in [0, 0.05) is 13.1 Å². The Bertz CT molecular complexity index is 374. The fourth-order valence-electron chi connectivity index (χ4n) is 4.11. The van der Waals surface area contributed by atoms with Gasteiger partial charge in [-0.1, -0.05) is 33.1 Å². The topological polar surface area (TPSA) is 57.6 Å². The van der Waals surface area contributed by atoms with E-state index in [0.717, 1.165) is 44.7 Å². The number of piperidine rings is 1. The highest BCUT2D eigenvalue weighted by atomic mass is 16.4. The first-order chi connectivity index (χ1) is 10.1. The van der Waals surface area contributed by atoms with Crippen LogP contribution in [0, 0.1) is 23.7 Å². The lowest BCUT2D eigenvalue weighted by Crippen LogP contribution is -2.43. The maximum absolute atomic E-state index is 12.7. The number of hydrogen-bond donors (Lipinski definition) is 1. The van der Waals surface area contributed by atoms with Crippen LogP contribution in [0.15, 0.2) is 0 Å². The molecule has 2 rings (SSSR count). The van der Waals surface area contributed by atoms with Crippen molar-refractivity contribution in [3.05, 3.63) is 0 Å². The second-order valence-electron chi connectivity index (χ2n) is 6.85. The summed E-state index contributed by atoms with van der Waals surface area (Å²) in [4.78, 5) is 26.1. The van der Waals surface area contributed by atoms with E-state index in [9.17, 15) is 14.7 Å². The molecular weight excluding hydrogens is 266 g/mol. The van der Waals surface area contributed by atoms with Crippen LogP contribution < -0.4 is 0 Å². The number of amides is 1. The maximum Gasteiger partial charge on any atom is 0.307 e. The molecule has 120 valence electrons. The zero-order chi connectivity index (χ0) is 15.4. The summed E-state index contributed by atoms with van der Waals surface area (Å²) in [7, 11) is 0. The summed E-state index contributed by atoms with van der Waals surface area (Å²) in [6, 6.07) is 0. The van der Waals surface area contributed by atoms with Crippen LogP contribution in [-0.2, 0) is 9.59 Å². The Morgan fingerprint density at radius 2 is 1.67 bits per heavy atom. The number of aliphatic carboxylic acids is 1. The van der Waals surface area contributed by atoms with Gasteiger partial charge in [-0.3, -0.25) is 9.59 Å². The summed E-state index contributed by atoms with van der Waals surface area (Å²) in [5, 5.41) is 9.39. The summed E-state index contributed by atoms with van der Waals surface area (Å²) >= 11 is 0. The van der Waals surface area contributed by atoms with Gasteiger partial charge in [0.1, 0.15) is 0 Å². The minimum absolute atomic E-state index is 0.105. The quantitative estimate of drug-likeness (QED) is 0.847. The van der Waals surface area contributed by atoms with E-state index in [1.807, 2.05) is 4.90 Å². The fraction of sp³-hybridized carbons (Fsp3) is 0.882. The molecule has 3 atom stereocenters. The van der Waals surface area contributed by atoms with Crippen molar-refractivity contribution in [3.63, 3.8) is 0 Å². The number of carboxylic acid groups (broad SMARTS) is 1. The van der Waals surface area contributed by atoms with Gasteiger partial charge in [-0.05, 0) is 37.5 Å². The van der Waals surface area contributed by atoms with Crippen molar-refractivity contribution in [2.24, 2.45) is 23.7 Å². The van der Waals surface area contributed by atoms with Crippen molar-refractivity contribution < 1.29 is 14.7 Å². The molecule has 1 heterocycles. The number of carbonyl (C=O) groups is 2.